The van der Waals surface area contributed by atoms with Gasteiger partial charge in [-0.25, -0.2) is 8.42 Å². The highest BCUT2D eigenvalue weighted by Crippen LogP contribution is 2.32. The molecule has 0 unspecified atom stereocenters. The highest BCUT2D eigenvalue weighted by atomic mass is 32.2. The van der Waals surface area contributed by atoms with E-state index >= 15 is 0 Å². The third-order valence-corrected chi connectivity index (χ3v) is 8.44. The molecular weight excluding hydrogens is 542 g/mol. The van der Waals surface area contributed by atoms with Crippen molar-refractivity contribution >= 4 is 27.5 Å². The third-order valence-electron chi connectivity index (χ3n) is 6.67. The summed E-state index contributed by atoms with van der Waals surface area (Å²) < 4.78 is 39.8. The Kier molecular flexibility index (Phi) is 11.6. The first kappa shape index (κ1) is 31.5. The number of methoxy groups -OCH3 is 2. The topological polar surface area (TPSA) is 105 Å². The molecule has 0 radical (unpaired) electrons. The molecule has 0 aromatic heterocycles. The van der Waals surface area contributed by atoms with Crippen LogP contribution in [0.5, 0.6) is 11.5 Å². The van der Waals surface area contributed by atoms with Gasteiger partial charge in [-0.05, 0) is 54.8 Å². The highest BCUT2D eigenvalue weighted by Gasteiger charge is 2.34. The van der Waals surface area contributed by atoms with Gasteiger partial charge in [0.2, 0.25) is 11.8 Å². The Labute approximate surface area is 243 Å². The summed E-state index contributed by atoms with van der Waals surface area (Å²) in [6.45, 7) is 3.89. The van der Waals surface area contributed by atoms with Gasteiger partial charge in [0.25, 0.3) is 10.0 Å². The van der Waals surface area contributed by atoms with Crippen LogP contribution in [0.3, 0.4) is 0 Å². The molecule has 0 aliphatic rings. The first-order valence-electron chi connectivity index (χ1n) is 13.7. The van der Waals surface area contributed by atoms with Crippen molar-refractivity contribution in [2.45, 2.75) is 50.6 Å². The van der Waals surface area contributed by atoms with Gasteiger partial charge in [-0.3, -0.25) is 13.9 Å². The maximum Gasteiger partial charge on any atom is 0.264 e. The van der Waals surface area contributed by atoms with Crippen LogP contribution in [0.15, 0.2) is 83.8 Å². The average Bonchev–Trinajstić information content (AvgIpc) is 3.00. The van der Waals surface area contributed by atoms with Crippen molar-refractivity contribution in [3.63, 3.8) is 0 Å². The van der Waals surface area contributed by atoms with E-state index in [-0.39, 0.29) is 23.0 Å². The number of benzene rings is 3. The van der Waals surface area contributed by atoms with Crippen LogP contribution in [0, 0.1) is 0 Å². The van der Waals surface area contributed by atoms with Crippen molar-refractivity contribution < 1.29 is 27.5 Å². The van der Waals surface area contributed by atoms with Crippen LogP contribution in [-0.2, 0) is 26.2 Å². The lowest BCUT2D eigenvalue weighted by molar-refractivity contribution is -0.140. The summed E-state index contributed by atoms with van der Waals surface area (Å²) in [7, 11) is -1.19. The van der Waals surface area contributed by atoms with Crippen molar-refractivity contribution in [3.8, 4) is 11.5 Å². The zero-order chi connectivity index (χ0) is 29.8. The van der Waals surface area contributed by atoms with E-state index in [1.54, 1.807) is 67.8 Å². The predicted molar refractivity (Wildman–Crippen MR) is 160 cm³/mol. The standard InChI is InChI=1S/C31H39N3O6S/c1-5-7-20-32-31(36)27(6-2)33(22-24-14-13-15-25(21-24)39-3)30(35)23-34(28-18-11-12-19-29(28)40-4)41(37,38)26-16-9-8-10-17-26/h8-19,21,27H,5-7,20,22-23H2,1-4H3,(H,32,36)/t27-/m0/s1. The summed E-state index contributed by atoms with van der Waals surface area (Å²) in [6.07, 6.45) is 2.06. The Hall–Kier alpha value is -4.05. The van der Waals surface area contributed by atoms with Crippen molar-refractivity contribution in [2.24, 2.45) is 0 Å². The molecule has 2 amide bonds. The first-order valence-corrected chi connectivity index (χ1v) is 15.1. The second kappa shape index (κ2) is 15.1. The predicted octanol–water partition coefficient (Wildman–Crippen LogP) is 4.62. The zero-order valence-electron chi connectivity index (χ0n) is 24.1. The molecule has 1 atom stereocenters. The van der Waals surface area contributed by atoms with Gasteiger partial charge in [0.05, 0.1) is 24.8 Å². The monoisotopic (exact) mass is 581 g/mol. The van der Waals surface area contributed by atoms with E-state index in [0.29, 0.717) is 24.5 Å². The lowest BCUT2D eigenvalue weighted by Crippen LogP contribution is -2.52. The normalized spacial score (nSPS) is 11.8. The van der Waals surface area contributed by atoms with Gasteiger partial charge in [0.15, 0.2) is 0 Å². The second-order valence-electron chi connectivity index (χ2n) is 9.44. The number of hydrogen-bond donors (Lipinski definition) is 1. The van der Waals surface area contributed by atoms with Gasteiger partial charge in [0.1, 0.15) is 24.1 Å². The van der Waals surface area contributed by atoms with Gasteiger partial charge >= 0.3 is 0 Å². The van der Waals surface area contributed by atoms with Crippen molar-refractivity contribution in [1.29, 1.82) is 0 Å². The fourth-order valence-electron chi connectivity index (χ4n) is 4.46. The van der Waals surface area contributed by atoms with Gasteiger partial charge < -0.3 is 19.7 Å². The summed E-state index contributed by atoms with van der Waals surface area (Å²) in [4.78, 5) is 28.9. The summed E-state index contributed by atoms with van der Waals surface area (Å²) in [5.41, 5.74) is 0.959. The van der Waals surface area contributed by atoms with Gasteiger partial charge in [-0.2, -0.15) is 0 Å². The van der Waals surface area contributed by atoms with Gasteiger partial charge in [-0.1, -0.05) is 62.7 Å². The highest BCUT2D eigenvalue weighted by molar-refractivity contribution is 7.92. The minimum Gasteiger partial charge on any atom is -0.497 e. The Morgan fingerprint density at radius 1 is 0.902 bits per heavy atom. The lowest BCUT2D eigenvalue weighted by atomic mass is 10.1. The number of rotatable bonds is 15. The molecule has 0 saturated carbocycles. The molecular formula is C31H39N3O6S. The number of carbonyl (C=O) groups is 2. The van der Waals surface area contributed by atoms with E-state index in [2.05, 4.69) is 5.32 Å². The molecule has 3 aromatic rings. The molecule has 3 aromatic carbocycles. The molecule has 0 aliphatic heterocycles. The van der Waals surface area contributed by atoms with Gasteiger partial charge in [0, 0.05) is 13.1 Å². The fraction of sp³-hybridized carbons (Fsp3) is 0.355. The fourth-order valence-corrected chi connectivity index (χ4v) is 5.91. The Morgan fingerprint density at radius 3 is 2.27 bits per heavy atom. The average molecular weight is 582 g/mol. The van der Waals surface area contributed by atoms with E-state index < -0.39 is 28.5 Å². The summed E-state index contributed by atoms with van der Waals surface area (Å²) in [5, 5.41) is 2.93. The minimum atomic E-state index is -4.18. The van der Waals surface area contributed by atoms with Crippen LogP contribution >= 0.6 is 0 Å². The number of nitrogens with zero attached hydrogens (tertiary/aromatic N) is 2. The number of anilines is 1. The zero-order valence-corrected chi connectivity index (χ0v) is 24.9. The number of unbranched alkanes of at least 4 members (excludes halogenated alkanes) is 1. The van der Waals surface area contributed by atoms with Crippen molar-refractivity contribution in [3.05, 3.63) is 84.4 Å². The molecule has 10 heteroatoms. The molecule has 0 spiro atoms. The number of para-hydroxylation sites is 2. The number of nitrogens with one attached hydrogen (secondary N) is 1. The second-order valence-corrected chi connectivity index (χ2v) is 11.3. The Balaban J connectivity index is 2.07. The van der Waals surface area contributed by atoms with Crippen molar-refractivity contribution in [2.75, 3.05) is 31.6 Å². The van der Waals surface area contributed by atoms with Gasteiger partial charge in [-0.15, -0.1) is 0 Å². The van der Waals surface area contributed by atoms with Crippen LogP contribution in [0.2, 0.25) is 0 Å². The number of ether oxygens (including phenoxy) is 2. The molecule has 3 rings (SSSR count). The van der Waals surface area contributed by atoms with Crippen LogP contribution in [0.1, 0.15) is 38.7 Å². The van der Waals surface area contributed by atoms with E-state index in [4.69, 9.17) is 9.47 Å². The largest absolute Gasteiger partial charge is 0.497 e. The third kappa shape index (κ3) is 8.00. The van der Waals surface area contributed by atoms with E-state index in [9.17, 15) is 18.0 Å². The molecule has 0 fully saturated rings. The molecule has 0 bridgehead atoms. The van der Waals surface area contributed by atoms with E-state index in [1.165, 1.54) is 24.1 Å². The van der Waals surface area contributed by atoms with Crippen molar-refractivity contribution in [1.82, 2.24) is 10.2 Å². The number of hydrogen-bond acceptors (Lipinski definition) is 6. The molecule has 0 saturated heterocycles. The molecule has 0 heterocycles. The molecule has 9 nitrogen and oxygen atoms in total. The first-order chi connectivity index (χ1) is 19.8. The quantitative estimate of drug-likeness (QED) is 0.263. The Morgan fingerprint density at radius 2 is 1.61 bits per heavy atom. The summed E-state index contributed by atoms with van der Waals surface area (Å²) in [5.74, 6) is 0.0869. The minimum absolute atomic E-state index is 0.0300. The van der Waals surface area contributed by atoms with Crippen LogP contribution in [0.4, 0.5) is 5.69 Å². The van der Waals surface area contributed by atoms with E-state index in [1.807, 2.05) is 19.9 Å². The maximum atomic E-state index is 14.2. The van der Waals surface area contributed by atoms with Crippen LogP contribution in [0.25, 0.3) is 0 Å². The lowest BCUT2D eigenvalue weighted by Gasteiger charge is -2.33. The van der Waals surface area contributed by atoms with Crippen LogP contribution in [-0.4, -0.2) is 58.5 Å². The molecule has 0 aliphatic carbocycles. The number of sulfonamides is 1. The number of carbonyl (C=O) groups excluding carboxylic acids is 2. The van der Waals surface area contributed by atoms with E-state index in [0.717, 1.165) is 22.7 Å². The van der Waals surface area contributed by atoms with Crippen LogP contribution < -0.4 is 19.1 Å². The molecule has 1 N–H and O–H groups in total. The molecule has 41 heavy (non-hydrogen) atoms. The number of amides is 2. The maximum absolute atomic E-state index is 14.2. The molecule has 220 valence electrons. The smallest absolute Gasteiger partial charge is 0.264 e. The summed E-state index contributed by atoms with van der Waals surface area (Å²) >= 11 is 0. The summed E-state index contributed by atoms with van der Waals surface area (Å²) in [6, 6.07) is 21.0. The Bertz CT molecular complexity index is 1400. The SMILES string of the molecule is CCCCNC(=O)[C@H](CC)N(Cc1cccc(OC)c1)C(=O)CN(c1ccccc1OC)S(=O)(=O)c1ccccc1.